The van der Waals surface area contributed by atoms with Crippen LogP contribution in [0.4, 0.5) is 119 Å². The molecule has 0 aromatic carbocycles. The van der Waals surface area contributed by atoms with Gasteiger partial charge in [-0.3, -0.25) is 0 Å². The molecule has 28 heteroatoms. The molecular weight excluding hydrogens is 731 g/mol. The van der Waals surface area contributed by atoms with Gasteiger partial charge in [0.15, 0.2) is 0 Å². The van der Waals surface area contributed by atoms with Gasteiger partial charge in [-0.1, -0.05) is 0 Å². The Bertz CT molecular complexity index is 1070. The maximum atomic E-state index is 13.8. The van der Waals surface area contributed by atoms with E-state index in [2.05, 4.69) is 0 Å². The highest BCUT2D eigenvalue weighted by Gasteiger charge is 3.00. The van der Waals surface area contributed by atoms with E-state index in [0.29, 0.717) is 21.1 Å². The molecule has 1 nitrogen and oxygen atoms in total. The van der Waals surface area contributed by atoms with Crippen LogP contribution in [0.2, 0.25) is 0 Å². The van der Waals surface area contributed by atoms with Gasteiger partial charge >= 0.3 is 77.2 Å². The average molecular weight is 742 g/mol. The third kappa shape index (κ3) is 5.38. The molecule has 0 aliphatic carbocycles. The molecule has 0 heterocycles. The fourth-order valence-electron chi connectivity index (χ4n) is 2.88. The molecule has 0 rings (SSSR count). The van der Waals surface area contributed by atoms with Crippen molar-refractivity contribution in [3.05, 3.63) is 0 Å². The van der Waals surface area contributed by atoms with Crippen LogP contribution in [0.5, 0.6) is 0 Å². The predicted molar refractivity (Wildman–Crippen MR) is 88.3 cm³/mol. The lowest BCUT2D eigenvalue weighted by Gasteiger charge is -2.46. The van der Waals surface area contributed by atoms with Gasteiger partial charge in [-0.2, -0.15) is 119 Å². The van der Waals surface area contributed by atoms with Gasteiger partial charge in [0.25, 0.3) is 0 Å². The minimum Gasteiger partial charge on any atom is -0.326 e. The highest BCUT2D eigenvalue weighted by molar-refractivity contribution is 5.20. The maximum absolute atomic E-state index is 13.8. The SMILES string of the molecule is C[N+](C)(C)CC(F)(F)C(F)(F)C(F)(F)C(F)(F)C(F)(F)C(F)(F)C(F)(F)C(F)(F)C(F)(F)C(F)(F)C(F)(F)C(F)(F)C(F)(F)F. The zero-order chi connectivity index (χ0) is 37.7. The molecular formula is C17H11F27N+. The Kier molecular flexibility index (Phi) is 9.84. The van der Waals surface area contributed by atoms with Crippen LogP contribution in [0.25, 0.3) is 0 Å². The van der Waals surface area contributed by atoms with E-state index < -0.39 is 88.3 Å². The first-order chi connectivity index (χ1) is 18.7. The number of alkyl halides is 27. The Morgan fingerprint density at radius 1 is 0.267 bits per heavy atom. The smallest absolute Gasteiger partial charge is 0.326 e. The lowest BCUT2D eigenvalue weighted by molar-refractivity contribution is -0.880. The summed E-state index contributed by atoms with van der Waals surface area (Å²) >= 11 is 0. The van der Waals surface area contributed by atoms with Crippen molar-refractivity contribution in [3.8, 4) is 0 Å². The van der Waals surface area contributed by atoms with Crippen LogP contribution >= 0.6 is 0 Å². The quantitative estimate of drug-likeness (QED) is 0.131. The van der Waals surface area contributed by atoms with E-state index >= 15 is 0 Å². The summed E-state index contributed by atoms with van der Waals surface area (Å²) < 4.78 is 360. The number of nitrogens with zero attached hydrogens (tertiary/aromatic N) is 1. The summed E-state index contributed by atoms with van der Waals surface area (Å²) in [6, 6.07) is 0. The normalized spacial score (nSPS) is 17.2. The second kappa shape index (κ2) is 10.3. The van der Waals surface area contributed by atoms with Gasteiger partial charge in [-0.25, -0.2) is 0 Å². The molecule has 0 aromatic heterocycles. The predicted octanol–water partition coefficient (Wildman–Crippen LogP) is 8.88. The monoisotopic (exact) mass is 742 g/mol. The first-order valence-electron chi connectivity index (χ1n) is 10.1. The molecule has 0 saturated heterocycles. The van der Waals surface area contributed by atoms with Crippen LogP contribution in [0.1, 0.15) is 0 Å². The Hall–Kier alpha value is -1.93. The molecule has 0 aromatic rings. The van der Waals surface area contributed by atoms with Crippen LogP contribution in [-0.2, 0) is 0 Å². The van der Waals surface area contributed by atoms with E-state index in [1.165, 1.54) is 0 Å². The first-order valence-corrected chi connectivity index (χ1v) is 10.1. The molecule has 272 valence electrons. The minimum atomic E-state index is -9.75. The number of hydrogen-bond acceptors (Lipinski definition) is 0. The van der Waals surface area contributed by atoms with E-state index in [1.807, 2.05) is 0 Å². The molecule has 0 spiro atoms. The fourth-order valence-corrected chi connectivity index (χ4v) is 2.88. The largest absolute Gasteiger partial charge is 0.460 e. The molecule has 0 fully saturated rings. The molecule has 0 radical (unpaired) electrons. The summed E-state index contributed by atoms with van der Waals surface area (Å²) in [7, 11) is 1.07. The molecule has 0 aliphatic heterocycles. The summed E-state index contributed by atoms with van der Waals surface area (Å²) in [6.45, 7) is -2.85. The van der Waals surface area contributed by atoms with Crippen LogP contribution < -0.4 is 0 Å². The topological polar surface area (TPSA) is 0 Å². The first kappa shape index (κ1) is 43.1. The Morgan fingerprint density at radius 2 is 0.422 bits per heavy atom. The summed E-state index contributed by atoms with van der Waals surface area (Å²) in [5, 5.41) is 0. The molecule has 0 bridgehead atoms. The van der Waals surface area contributed by atoms with Crippen molar-refractivity contribution < 1.29 is 123 Å². The summed E-state index contributed by atoms with van der Waals surface area (Å²) in [5.41, 5.74) is 0. The zero-order valence-corrected chi connectivity index (χ0v) is 20.9. The van der Waals surface area contributed by atoms with Crippen molar-refractivity contribution in [1.82, 2.24) is 0 Å². The van der Waals surface area contributed by atoms with E-state index in [1.54, 1.807) is 0 Å². The second-order valence-corrected chi connectivity index (χ2v) is 9.97. The van der Waals surface area contributed by atoms with Crippen molar-refractivity contribution >= 4 is 0 Å². The lowest BCUT2D eigenvalue weighted by atomic mass is 9.84. The number of hydrogen-bond donors (Lipinski definition) is 0. The standard InChI is InChI=1S/C17H11F27N/c1-45(2,3)4-5(18,19)6(20,21)7(22,23)8(24,25)9(26,27)10(28,29)11(30,31)12(32,33)13(34,35)14(36,37)15(38,39)16(40,41)17(42,43)44/h4H2,1-3H3/q+1. The van der Waals surface area contributed by atoms with Gasteiger partial charge in [0.05, 0.1) is 21.1 Å². The third-order valence-electron chi connectivity index (χ3n) is 5.43. The highest BCUT2D eigenvalue weighted by atomic mass is 19.4. The van der Waals surface area contributed by atoms with Crippen molar-refractivity contribution in [1.29, 1.82) is 0 Å². The summed E-state index contributed by atoms with van der Waals surface area (Å²) in [5.74, 6) is -109. The molecule has 0 aliphatic rings. The Balaban J connectivity index is 7.45. The molecule has 0 atom stereocenters. The third-order valence-corrected chi connectivity index (χ3v) is 5.43. The maximum Gasteiger partial charge on any atom is 0.460 e. The van der Waals surface area contributed by atoms with Crippen molar-refractivity contribution in [3.63, 3.8) is 0 Å². The van der Waals surface area contributed by atoms with E-state index in [4.69, 9.17) is 0 Å². The Labute approximate surface area is 229 Å². The number of rotatable bonds is 13. The van der Waals surface area contributed by atoms with Crippen LogP contribution in [0.3, 0.4) is 0 Å². The molecule has 0 amide bonds. The number of halogens is 27. The number of quaternary nitrogens is 1. The Morgan fingerprint density at radius 3 is 0.578 bits per heavy atom. The van der Waals surface area contributed by atoms with Gasteiger partial charge in [0.2, 0.25) is 0 Å². The van der Waals surface area contributed by atoms with Crippen LogP contribution in [0.15, 0.2) is 0 Å². The fraction of sp³-hybridized carbons (Fsp3) is 1.00. The summed E-state index contributed by atoms with van der Waals surface area (Å²) in [6.07, 6.45) is -8.22. The van der Waals surface area contributed by atoms with E-state index in [9.17, 15) is 119 Å². The molecule has 0 unspecified atom stereocenters. The van der Waals surface area contributed by atoms with Gasteiger partial charge in [0.1, 0.15) is 6.54 Å². The van der Waals surface area contributed by atoms with Crippen LogP contribution in [-0.4, -0.2) is 109 Å². The zero-order valence-electron chi connectivity index (χ0n) is 20.9. The van der Waals surface area contributed by atoms with Gasteiger partial charge in [-0.15, -0.1) is 0 Å². The van der Waals surface area contributed by atoms with Crippen molar-refractivity contribution in [2.24, 2.45) is 0 Å². The van der Waals surface area contributed by atoms with Crippen LogP contribution in [0, 0.1) is 0 Å². The van der Waals surface area contributed by atoms with Crippen molar-refractivity contribution in [2.45, 2.75) is 77.2 Å². The van der Waals surface area contributed by atoms with Crippen molar-refractivity contribution in [2.75, 3.05) is 27.7 Å². The highest BCUT2D eigenvalue weighted by Crippen LogP contribution is 2.68. The lowest BCUT2D eigenvalue weighted by Crippen LogP contribution is -2.79. The molecule has 0 N–H and O–H groups in total. The van der Waals surface area contributed by atoms with Gasteiger partial charge in [0, 0.05) is 0 Å². The van der Waals surface area contributed by atoms with Gasteiger partial charge in [-0.05, 0) is 0 Å². The van der Waals surface area contributed by atoms with E-state index in [-0.39, 0.29) is 0 Å². The average Bonchev–Trinajstić information content (AvgIpc) is 2.75. The molecule has 45 heavy (non-hydrogen) atoms. The second-order valence-electron chi connectivity index (χ2n) is 9.97. The van der Waals surface area contributed by atoms with Gasteiger partial charge < -0.3 is 4.48 Å². The summed E-state index contributed by atoms with van der Waals surface area (Å²) in [4.78, 5) is 0. The van der Waals surface area contributed by atoms with E-state index in [0.717, 1.165) is 0 Å². The molecule has 0 saturated carbocycles. The minimum absolute atomic E-state index is 0.357.